The molecule has 2 aliphatic heterocycles. The zero-order valence-electron chi connectivity index (χ0n) is 14.6. The van der Waals surface area contributed by atoms with Gasteiger partial charge in [-0.15, -0.1) is 0 Å². The molecule has 0 radical (unpaired) electrons. The first-order valence-corrected chi connectivity index (χ1v) is 9.11. The predicted molar refractivity (Wildman–Crippen MR) is 97.0 cm³/mol. The number of nitrogens with zero attached hydrogens (tertiary/aromatic N) is 2. The van der Waals surface area contributed by atoms with Gasteiger partial charge in [-0.05, 0) is 30.4 Å². The summed E-state index contributed by atoms with van der Waals surface area (Å²) in [5.41, 5.74) is 2.68. The molecule has 5 heteroatoms. The van der Waals surface area contributed by atoms with Crippen molar-refractivity contribution < 1.29 is 14.7 Å². The fourth-order valence-electron chi connectivity index (χ4n) is 3.62. The van der Waals surface area contributed by atoms with Crippen molar-refractivity contribution in [3.05, 3.63) is 42.0 Å². The number of hydrogen-bond acceptors (Lipinski definition) is 3. The number of piperidine rings is 1. The minimum absolute atomic E-state index is 0.154. The Hall–Kier alpha value is -2.14. The van der Waals surface area contributed by atoms with Crippen LogP contribution in [0.5, 0.6) is 0 Å². The second kappa shape index (κ2) is 8.30. The van der Waals surface area contributed by atoms with Crippen LogP contribution in [-0.4, -0.2) is 59.5 Å². The van der Waals surface area contributed by atoms with E-state index in [0.717, 1.165) is 26.1 Å². The van der Waals surface area contributed by atoms with E-state index in [2.05, 4.69) is 35.2 Å². The molecule has 134 valence electrons. The van der Waals surface area contributed by atoms with E-state index < -0.39 is 5.97 Å². The van der Waals surface area contributed by atoms with Crippen LogP contribution < -0.4 is 0 Å². The summed E-state index contributed by atoms with van der Waals surface area (Å²) < 4.78 is 0. The van der Waals surface area contributed by atoms with Crippen LogP contribution in [0.2, 0.25) is 0 Å². The topological polar surface area (TPSA) is 60.9 Å². The molecule has 5 nitrogen and oxygen atoms in total. The van der Waals surface area contributed by atoms with E-state index in [1.54, 1.807) is 0 Å². The SMILES string of the molecule is O=C(O)C1CCN(C(=O)CCN2CC=C(c3ccccc3)CC2)CC1. The highest BCUT2D eigenvalue weighted by Crippen LogP contribution is 2.22. The molecule has 25 heavy (non-hydrogen) atoms. The number of likely N-dealkylation sites (tertiary alicyclic amines) is 1. The molecule has 2 aliphatic rings. The lowest BCUT2D eigenvalue weighted by Crippen LogP contribution is -2.41. The molecule has 0 atom stereocenters. The van der Waals surface area contributed by atoms with E-state index in [1.165, 1.54) is 11.1 Å². The minimum atomic E-state index is -0.735. The Morgan fingerprint density at radius 3 is 2.40 bits per heavy atom. The van der Waals surface area contributed by atoms with E-state index in [1.807, 2.05) is 11.0 Å². The van der Waals surface area contributed by atoms with Gasteiger partial charge in [0.1, 0.15) is 0 Å². The van der Waals surface area contributed by atoms with Crippen LogP contribution in [0.15, 0.2) is 36.4 Å². The number of amides is 1. The van der Waals surface area contributed by atoms with Gasteiger partial charge in [-0.3, -0.25) is 14.5 Å². The number of benzene rings is 1. The Bertz CT molecular complexity index is 634. The molecule has 1 N–H and O–H groups in total. The molecule has 0 aliphatic carbocycles. The van der Waals surface area contributed by atoms with Crippen molar-refractivity contribution in [1.29, 1.82) is 0 Å². The number of carbonyl (C=O) groups is 2. The first-order chi connectivity index (χ1) is 12.1. The molecule has 0 aromatic heterocycles. The lowest BCUT2D eigenvalue weighted by Gasteiger charge is -2.31. The highest BCUT2D eigenvalue weighted by molar-refractivity contribution is 5.77. The van der Waals surface area contributed by atoms with Crippen molar-refractivity contribution in [1.82, 2.24) is 9.80 Å². The number of carboxylic acids is 1. The zero-order valence-corrected chi connectivity index (χ0v) is 14.6. The Kier molecular flexibility index (Phi) is 5.87. The fourth-order valence-corrected chi connectivity index (χ4v) is 3.62. The van der Waals surface area contributed by atoms with Crippen molar-refractivity contribution in [3.8, 4) is 0 Å². The summed E-state index contributed by atoms with van der Waals surface area (Å²) in [6.07, 6.45) is 4.96. The number of carbonyl (C=O) groups excluding carboxylic acids is 1. The summed E-state index contributed by atoms with van der Waals surface area (Å²) in [6.45, 7) is 3.80. The van der Waals surface area contributed by atoms with Crippen LogP contribution in [0.1, 0.15) is 31.2 Å². The third-order valence-corrected chi connectivity index (χ3v) is 5.28. The third-order valence-electron chi connectivity index (χ3n) is 5.28. The zero-order chi connectivity index (χ0) is 17.6. The second-order valence-electron chi connectivity index (χ2n) is 6.89. The molecule has 1 fully saturated rings. The van der Waals surface area contributed by atoms with Gasteiger partial charge in [-0.25, -0.2) is 0 Å². The van der Waals surface area contributed by atoms with Gasteiger partial charge in [0.15, 0.2) is 0 Å². The smallest absolute Gasteiger partial charge is 0.306 e. The van der Waals surface area contributed by atoms with E-state index in [0.29, 0.717) is 32.4 Å². The fraction of sp³-hybridized carbons (Fsp3) is 0.500. The summed E-state index contributed by atoms with van der Waals surface area (Å²) in [4.78, 5) is 27.5. The van der Waals surface area contributed by atoms with Gasteiger partial charge in [0.2, 0.25) is 5.91 Å². The molecule has 0 spiro atoms. The maximum absolute atomic E-state index is 12.3. The summed E-state index contributed by atoms with van der Waals surface area (Å²) in [5, 5.41) is 9.02. The van der Waals surface area contributed by atoms with Crippen LogP contribution >= 0.6 is 0 Å². The first kappa shape index (κ1) is 17.7. The Morgan fingerprint density at radius 1 is 1.08 bits per heavy atom. The summed E-state index contributed by atoms with van der Waals surface area (Å²) in [7, 11) is 0. The number of hydrogen-bond donors (Lipinski definition) is 1. The van der Waals surface area contributed by atoms with Gasteiger partial charge in [-0.2, -0.15) is 0 Å². The standard InChI is InChI=1S/C20H26N2O3/c23-19(22-14-8-18(9-15-22)20(24)25)10-13-21-11-6-17(7-12-21)16-4-2-1-3-5-16/h1-6,18H,7-15H2,(H,24,25). The van der Waals surface area contributed by atoms with Crippen molar-refractivity contribution in [2.75, 3.05) is 32.7 Å². The Balaban J connectivity index is 1.42. The summed E-state index contributed by atoms with van der Waals surface area (Å²) >= 11 is 0. The number of carboxylic acid groups (broad SMARTS) is 1. The van der Waals surface area contributed by atoms with E-state index in [4.69, 9.17) is 5.11 Å². The molecule has 0 bridgehead atoms. The van der Waals surface area contributed by atoms with E-state index in [9.17, 15) is 9.59 Å². The molecule has 1 aromatic rings. The minimum Gasteiger partial charge on any atom is -0.481 e. The van der Waals surface area contributed by atoms with Crippen molar-refractivity contribution >= 4 is 17.4 Å². The average Bonchev–Trinajstić information content (AvgIpc) is 2.67. The molecule has 2 heterocycles. The third kappa shape index (κ3) is 4.69. The van der Waals surface area contributed by atoms with Crippen LogP contribution in [0.4, 0.5) is 0 Å². The van der Waals surface area contributed by atoms with Gasteiger partial charge in [0, 0.05) is 39.1 Å². The van der Waals surface area contributed by atoms with Crippen LogP contribution in [0, 0.1) is 5.92 Å². The predicted octanol–water partition coefficient (Wildman–Crippen LogP) is 2.49. The molecule has 0 saturated carbocycles. The average molecular weight is 342 g/mol. The van der Waals surface area contributed by atoms with Gasteiger partial charge < -0.3 is 10.0 Å². The van der Waals surface area contributed by atoms with E-state index >= 15 is 0 Å². The lowest BCUT2D eigenvalue weighted by atomic mass is 9.97. The summed E-state index contributed by atoms with van der Waals surface area (Å²) in [5.74, 6) is -0.865. The quantitative estimate of drug-likeness (QED) is 0.893. The van der Waals surface area contributed by atoms with Gasteiger partial charge in [-0.1, -0.05) is 36.4 Å². The monoisotopic (exact) mass is 342 g/mol. The largest absolute Gasteiger partial charge is 0.481 e. The molecular weight excluding hydrogens is 316 g/mol. The molecule has 0 unspecified atom stereocenters. The van der Waals surface area contributed by atoms with Gasteiger partial charge in [0.25, 0.3) is 0 Å². The molecular formula is C20H26N2O3. The highest BCUT2D eigenvalue weighted by Gasteiger charge is 2.27. The van der Waals surface area contributed by atoms with Crippen molar-refractivity contribution in [2.24, 2.45) is 5.92 Å². The summed E-state index contributed by atoms with van der Waals surface area (Å²) in [6, 6.07) is 10.4. The Labute approximate surface area is 148 Å². The van der Waals surface area contributed by atoms with Crippen LogP contribution in [0.25, 0.3) is 5.57 Å². The number of aliphatic carboxylic acids is 1. The molecule has 1 aromatic carbocycles. The van der Waals surface area contributed by atoms with Crippen LogP contribution in [-0.2, 0) is 9.59 Å². The Morgan fingerprint density at radius 2 is 1.80 bits per heavy atom. The van der Waals surface area contributed by atoms with Crippen LogP contribution in [0.3, 0.4) is 0 Å². The second-order valence-corrected chi connectivity index (χ2v) is 6.89. The molecule has 1 saturated heterocycles. The van der Waals surface area contributed by atoms with E-state index in [-0.39, 0.29) is 11.8 Å². The van der Waals surface area contributed by atoms with Gasteiger partial charge >= 0.3 is 5.97 Å². The maximum atomic E-state index is 12.3. The normalized spacial score (nSPS) is 19.5. The maximum Gasteiger partial charge on any atom is 0.306 e. The van der Waals surface area contributed by atoms with Crippen molar-refractivity contribution in [3.63, 3.8) is 0 Å². The molecule has 1 amide bonds. The number of rotatable bonds is 5. The highest BCUT2D eigenvalue weighted by atomic mass is 16.4. The van der Waals surface area contributed by atoms with Crippen molar-refractivity contribution in [2.45, 2.75) is 25.7 Å². The lowest BCUT2D eigenvalue weighted by molar-refractivity contribution is -0.145. The molecule has 3 rings (SSSR count). The first-order valence-electron chi connectivity index (χ1n) is 9.11. The van der Waals surface area contributed by atoms with Gasteiger partial charge in [0.05, 0.1) is 5.92 Å².